The third-order valence-electron chi connectivity index (χ3n) is 5.39. The second-order valence-electron chi connectivity index (χ2n) is 7.08. The maximum absolute atomic E-state index is 3.72. The highest BCUT2D eigenvalue weighted by Gasteiger charge is 2.30. The molecule has 3 fully saturated rings. The molecule has 0 aromatic carbocycles. The quantitative estimate of drug-likeness (QED) is 0.841. The van der Waals surface area contributed by atoms with Crippen molar-refractivity contribution in [2.75, 3.05) is 39.3 Å². The molecular weight excluding hydrogens is 234 g/mol. The molecule has 3 aliphatic rings. The Morgan fingerprint density at radius 1 is 1.05 bits per heavy atom. The van der Waals surface area contributed by atoms with Crippen LogP contribution in [0.3, 0.4) is 0 Å². The van der Waals surface area contributed by atoms with Gasteiger partial charge in [-0.1, -0.05) is 13.3 Å². The molecule has 0 aliphatic carbocycles. The summed E-state index contributed by atoms with van der Waals surface area (Å²) in [6.07, 6.45) is 8.47. The summed E-state index contributed by atoms with van der Waals surface area (Å²) in [4.78, 5) is 5.48. The molecule has 0 bridgehead atoms. The van der Waals surface area contributed by atoms with E-state index in [-0.39, 0.29) is 0 Å². The molecule has 0 aromatic heterocycles. The van der Waals surface area contributed by atoms with Crippen LogP contribution in [-0.4, -0.2) is 61.2 Å². The monoisotopic (exact) mass is 265 g/mol. The van der Waals surface area contributed by atoms with E-state index >= 15 is 0 Å². The standard InChI is InChI=1S/C16H31N3/c1-14-5-7-17-15(11-14)12-18-10-6-16(13-18)19-8-3-2-4-9-19/h14-17H,2-13H2,1H3. The Morgan fingerprint density at radius 2 is 1.89 bits per heavy atom. The molecule has 110 valence electrons. The van der Waals surface area contributed by atoms with Gasteiger partial charge in [-0.3, -0.25) is 4.90 Å². The van der Waals surface area contributed by atoms with E-state index in [1.165, 1.54) is 77.8 Å². The molecular formula is C16H31N3. The molecule has 3 heterocycles. The molecule has 0 radical (unpaired) electrons. The fraction of sp³-hybridized carbons (Fsp3) is 1.00. The third kappa shape index (κ3) is 3.71. The van der Waals surface area contributed by atoms with Crippen LogP contribution in [0.4, 0.5) is 0 Å². The average Bonchev–Trinajstić information content (AvgIpc) is 2.88. The summed E-state index contributed by atoms with van der Waals surface area (Å²) >= 11 is 0. The lowest BCUT2D eigenvalue weighted by Gasteiger charge is -2.34. The Bertz CT molecular complexity index is 275. The van der Waals surface area contributed by atoms with Crippen molar-refractivity contribution in [1.29, 1.82) is 0 Å². The molecule has 3 unspecified atom stereocenters. The van der Waals surface area contributed by atoms with Gasteiger partial charge in [-0.2, -0.15) is 0 Å². The second-order valence-corrected chi connectivity index (χ2v) is 7.08. The molecule has 1 N–H and O–H groups in total. The second kappa shape index (κ2) is 6.55. The Kier molecular flexibility index (Phi) is 4.78. The Hall–Kier alpha value is -0.120. The van der Waals surface area contributed by atoms with Gasteiger partial charge in [-0.05, 0) is 64.2 Å². The lowest BCUT2D eigenvalue weighted by molar-refractivity contribution is 0.157. The van der Waals surface area contributed by atoms with Crippen LogP contribution in [0.2, 0.25) is 0 Å². The van der Waals surface area contributed by atoms with Crippen molar-refractivity contribution in [2.45, 2.75) is 57.5 Å². The highest BCUT2D eigenvalue weighted by molar-refractivity contribution is 4.88. The molecule has 3 rings (SSSR count). The van der Waals surface area contributed by atoms with E-state index < -0.39 is 0 Å². The minimum Gasteiger partial charge on any atom is -0.313 e. The van der Waals surface area contributed by atoms with Crippen LogP contribution in [0.5, 0.6) is 0 Å². The molecule has 3 heteroatoms. The lowest BCUT2D eigenvalue weighted by atomic mass is 9.94. The van der Waals surface area contributed by atoms with E-state index in [1.807, 2.05) is 0 Å². The van der Waals surface area contributed by atoms with Gasteiger partial charge < -0.3 is 10.2 Å². The van der Waals surface area contributed by atoms with Crippen LogP contribution in [-0.2, 0) is 0 Å². The predicted octanol–water partition coefficient (Wildman–Crippen LogP) is 1.93. The first-order valence-electron chi connectivity index (χ1n) is 8.51. The third-order valence-corrected chi connectivity index (χ3v) is 5.39. The van der Waals surface area contributed by atoms with Crippen LogP contribution in [0.15, 0.2) is 0 Å². The molecule has 19 heavy (non-hydrogen) atoms. The van der Waals surface area contributed by atoms with Crippen LogP contribution >= 0.6 is 0 Å². The van der Waals surface area contributed by atoms with Crippen LogP contribution in [0.25, 0.3) is 0 Å². The van der Waals surface area contributed by atoms with Crippen LogP contribution in [0.1, 0.15) is 45.4 Å². The van der Waals surface area contributed by atoms with Gasteiger partial charge in [0, 0.05) is 25.2 Å². The van der Waals surface area contributed by atoms with Gasteiger partial charge in [0.2, 0.25) is 0 Å². The minimum absolute atomic E-state index is 0.754. The van der Waals surface area contributed by atoms with E-state index in [0.717, 1.165) is 18.0 Å². The summed E-state index contributed by atoms with van der Waals surface area (Å²) in [7, 11) is 0. The number of piperidine rings is 2. The van der Waals surface area contributed by atoms with Crippen molar-refractivity contribution < 1.29 is 0 Å². The number of hydrogen-bond donors (Lipinski definition) is 1. The summed E-state index contributed by atoms with van der Waals surface area (Å²) in [6, 6.07) is 1.62. The normalized spacial score (nSPS) is 38.7. The number of rotatable bonds is 3. The van der Waals surface area contributed by atoms with E-state index in [4.69, 9.17) is 0 Å². The summed E-state index contributed by atoms with van der Waals surface area (Å²) in [5.41, 5.74) is 0. The summed E-state index contributed by atoms with van der Waals surface area (Å²) < 4.78 is 0. The largest absolute Gasteiger partial charge is 0.313 e. The van der Waals surface area contributed by atoms with Crippen molar-refractivity contribution in [3.05, 3.63) is 0 Å². The maximum atomic E-state index is 3.72. The smallest absolute Gasteiger partial charge is 0.0235 e. The summed E-state index contributed by atoms with van der Waals surface area (Å²) in [5.74, 6) is 0.923. The summed E-state index contributed by atoms with van der Waals surface area (Å²) in [5, 5.41) is 3.72. The molecule has 3 saturated heterocycles. The first-order chi connectivity index (χ1) is 9.31. The zero-order valence-corrected chi connectivity index (χ0v) is 12.6. The van der Waals surface area contributed by atoms with Crippen LogP contribution < -0.4 is 5.32 Å². The van der Waals surface area contributed by atoms with Crippen molar-refractivity contribution in [2.24, 2.45) is 5.92 Å². The highest BCUT2D eigenvalue weighted by Crippen LogP contribution is 2.22. The first kappa shape index (κ1) is 13.8. The average molecular weight is 265 g/mol. The summed E-state index contributed by atoms with van der Waals surface area (Å²) in [6.45, 7) is 10.3. The Labute approximate surface area is 118 Å². The van der Waals surface area contributed by atoms with Gasteiger partial charge in [0.15, 0.2) is 0 Å². The SMILES string of the molecule is CC1CCNC(CN2CCC(N3CCCCC3)C2)C1. The first-order valence-corrected chi connectivity index (χ1v) is 8.51. The number of hydrogen-bond acceptors (Lipinski definition) is 3. The fourth-order valence-electron chi connectivity index (χ4n) is 4.23. The van der Waals surface area contributed by atoms with E-state index in [2.05, 4.69) is 22.0 Å². The van der Waals surface area contributed by atoms with E-state index in [9.17, 15) is 0 Å². The molecule has 3 atom stereocenters. The Balaban J connectivity index is 1.43. The number of nitrogens with one attached hydrogen (secondary N) is 1. The van der Waals surface area contributed by atoms with Crippen LogP contribution in [0, 0.1) is 5.92 Å². The maximum Gasteiger partial charge on any atom is 0.0235 e. The van der Waals surface area contributed by atoms with Gasteiger partial charge in [0.1, 0.15) is 0 Å². The van der Waals surface area contributed by atoms with Gasteiger partial charge in [0.25, 0.3) is 0 Å². The topological polar surface area (TPSA) is 18.5 Å². The van der Waals surface area contributed by atoms with Crippen molar-refractivity contribution in [3.63, 3.8) is 0 Å². The molecule has 3 aliphatic heterocycles. The number of nitrogens with zero attached hydrogens (tertiary/aromatic N) is 2. The van der Waals surface area contributed by atoms with E-state index in [1.54, 1.807) is 0 Å². The van der Waals surface area contributed by atoms with Crippen molar-refractivity contribution in [1.82, 2.24) is 15.1 Å². The van der Waals surface area contributed by atoms with Gasteiger partial charge in [-0.15, -0.1) is 0 Å². The lowest BCUT2D eigenvalue weighted by Crippen LogP contribution is -2.46. The van der Waals surface area contributed by atoms with Gasteiger partial charge in [0.05, 0.1) is 0 Å². The predicted molar refractivity (Wildman–Crippen MR) is 80.5 cm³/mol. The molecule has 3 nitrogen and oxygen atoms in total. The fourth-order valence-corrected chi connectivity index (χ4v) is 4.23. The zero-order valence-electron chi connectivity index (χ0n) is 12.6. The van der Waals surface area contributed by atoms with Crippen molar-refractivity contribution in [3.8, 4) is 0 Å². The molecule has 0 aromatic rings. The number of likely N-dealkylation sites (tertiary alicyclic amines) is 2. The van der Waals surface area contributed by atoms with Gasteiger partial charge >= 0.3 is 0 Å². The van der Waals surface area contributed by atoms with Gasteiger partial charge in [-0.25, -0.2) is 0 Å². The highest BCUT2D eigenvalue weighted by atomic mass is 15.3. The Morgan fingerprint density at radius 3 is 2.68 bits per heavy atom. The molecule has 0 spiro atoms. The molecule has 0 saturated carbocycles. The van der Waals surface area contributed by atoms with E-state index in [0.29, 0.717) is 0 Å². The van der Waals surface area contributed by atoms with Crippen molar-refractivity contribution >= 4 is 0 Å². The minimum atomic E-state index is 0.754. The molecule has 0 amide bonds. The zero-order chi connectivity index (χ0) is 13.1.